The molecule has 0 saturated heterocycles. The first-order valence-corrected chi connectivity index (χ1v) is 7.46. The summed E-state index contributed by atoms with van der Waals surface area (Å²) in [7, 11) is 1.93. The average molecular weight is 249 g/mol. The Morgan fingerprint density at radius 1 is 1.18 bits per heavy atom. The maximum atomic E-state index is 4.72. The molecule has 0 radical (unpaired) electrons. The predicted octanol–water partition coefficient (Wildman–Crippen LogP) is 3.43. The van der Waals surface area contributed by atoms with Gasteiger partial charge in [0.1, 0.15) is 16.7 Å². The van der Waals surface area contributed by atoms with E-state index in [-0.39, 0.29) is 0 Å². The molecule has 17 heavy (non-hydrogen) atoms. The van der Waals surface area contributed by atoms with E-state index < -0.39 is 0 Å². The fourth-order valence-corrected chi connectivity index (χ4v) is 3.57. The van der Waals surface area contributed by atoms with Gasteiger partial charge in [0, 0.05) is 24.3 Å². The fourth-order valence-electron chi connectivity index (χ4n) is 2.33. The first kappa shape index (κ1) is 11.3. The molecule has 0 bridgehead atoms. The van der Waals surface area contributed by atoms with Gasteiger partial charge in [0.05, 0.1) is 0 Å². The Balaban J connectivity index is 1.78. The van der Waals surface area contributed by atoms with Gasteiger partial charge in [-0.3, -0.25) is 0 Å². The van der Waals surface area contributed by atoms with E-state index in [0.29, 0.717) is 5.92 Å². The summed E-state index contributed by atoms with van der Waals surface area (Å²) in [6.45, 7) is 0. The first-order chi connectivity index (χ1) is 8.35. The lowest BCUT2D eigenvalue weighted by atomic mass is 10.4. The molecule has 92 valence electrons. The molecule has 0 amide bonds. The minimum Gasteiger partial charge on any atom is -0.373 e. The number of rotatable bonds is 4. The molecule has 4 heteroatoms. The molecule has 1 N–H and O–H groups in total. The van der Waals surface area contributed by atoms with E-state index in [4.69, 9.17) is 4.98 Å². The molecule has 0 unspecified atom stereocenters. The highest BCUT2D eigenvalue weighted by molar-refractivity contribution is 7.99. The summed E-state index contributed by atoms with van der Waals surface area (Å²) in [5, 5.41) is 5.10. The van der Waals surface area contributed by atoms with E-state index in [1.807, 2.05) is 18.8 Å². The van der Waals surface area contributed by atoms with E-state index >= 15 is 0 Å². The van der Waals surface area contributed by atoms with Crippen LogP contribution in [-0.2, 0) is 0 Å². The molecule has 3 nitrogen and oxygen atoms in total. The zero-order valence-electron chi connectivity index (χ0n) is 10.3. The van der Waals surface area contributed by atoms with Crippen LogP contribution < -0.4 is 5.32 Å². The molecular formula is C13H19N3S. The molecule has 1 heterocycles. The minimum absolute atomic E-state index is 0.631. The molecule has 3 rings (SSSR count). The third-order valence-electron chi connectivity index (χ3n) is 3.51. The van der Waals surface area contributed by atoms with Gasteiger partial charge in [0.15, 0.2) is 0 Å². The van der Waals surface area contributed by atoms with Crippen LogP contribution >= 0.6 is 11.8 Å². The summed E-state index contributed by atoms with van der Waals surface area (Å²) in [5.41, 5.74) is 0. The highest BCUT2D eigenvalue weighted by atomic mass is 32.2. The molecule has 1 aromatic rings. The normalized spacial score (nSPS) is 20.8. The lowest BCUT2D eigenvalue weighted by Crippen LogP contribution is -2.02. The van der Waals surface area contributed by atoms with Crippen LogP contribution in [0, 0.1) is 0 Å². The molecule has 2 aliphatic rings. The summed E-state index contributed by atoms with van der Waals surface area (Å²) in [6, 6.07) is 2.09. The Kier molecular flexibility index (Phi) is 3.23. The minimum atomic E-state index is 0.631. The SMILES string of the molecule is CNc1cc(SC2CCCC2)nc(C2CC2)n1. The van der Waals surface area contributed by atoms with Crippen molar-refractivity contribution in [2.24, 2.45) is 0 Å². The van der Waals surface area contributed by atoms with Crippen molar-refractivity contribution in [2.45, 2.75) is 54.7 Å². The lowest BCUT2D eigenvalue weighted by Gasteiger charge is -2.10. The molecule has 0 spiro atoms. The van der Waals surface area contributed by atoms with E-state index in [1.165, 1.54) is 38.5 Å². The number of anilines is 1. The van der Waals surface area contributed by atoms with Crippen LogP contribution in [0.1, 0.15) is 50.3 Å². The molecule has 2 fully saturated rings. The van der Waals surface area contributed by atoms with Crippen LogP contribution in [0.3, 0.4) is 0 Å². The van der Waals surface area contributed by atoms with Gasteiger partial charge in [-0.15, -0.1) is 11.8 Å². The number of hydrogen-bond donors (Lipinski definition) is 1. The highest BCUT2D eigenvalue weighted by Gasteiger charge is 2.28. The number of hydrogen-bond acceptors (Lipinski definition) is 4. The number of thioether (sulfide) groups is 1. The van der Waals surface area contributed by atoms with Gasteiger partial charge in [-0.25, -0.2) is 9.97 Å². The van der Waals surface area contributed by atoms with Gasteiger partial charge in [0.25, 0.3) is 0 Å². The summed E-state index contributed by atoms with van der Waals surface area (Å²) in [6.07, 6.45) is 8.00. The van der Waals surface area contributed by atoms with E-state index in [9.17, 15) is 0 Å². The van der Waals surface area contributed by atoms with Gasteiger partial charge in [-0.05, 0) is 25.7 Å². The van der Waals surface area contributed by atoms with Crippen molar-refractivity contribution in [2.75, 3.05) is 12.4 Å². The highest BCUT2D eigenvalue weighted by Crippen LogP contribution is 2.40. The van der Waals surface area contributed by atoms with Crippen molar-refractivity contribution >= 4 is 17.6 Å². The topological polar surface area (TPSA) is 37.8 Å². The summed E-state index contributed by atoms with van der Waals surface area (Å²) < 4.78 is 0. The van der Waals surface area contributed by atoms with E-state index in [2.05, 4.69) is 16.4 Å². The lowest BCUT2D eigenvalue weighted by molar-refractivity contribution is 0.864. The largest absolute Gasteiger partial charge is 0.373 e. The van der Waals surface area contributed by atoms with Gasteiger partial charge in [-0.2, -0.15) is 0 Å². The monoisotopic (exact) mass is 249 g/mol. The second-order valence-corrected chi connectivity index (χ2v) is 6.32. The second kappa shape index (κ2) is 4.84. The standard InChI is InChI=1S/C13H19N3S/c1-14-11-8-12(17-10-4-2-3-5-10)16-13(15-11)9-6-7-9/h8-10H,2-7H2,1H3,(H,14,15,16). The third kappa shape index (κ3) is 2.73. The Hall–Kier alpha value is -0.770. The van der Waals surface area contributed by atoms with Gasteiger partial charge in [0.2, 0.25) is 0 Å². The zero-order chi connectivity index (χ0) is 11.7. The molecule has 2 saturated carbocycles. The molecular weight excluding hydrogens is 230 g/mol. The molecule has 0 aromatic carbocycles. The van der Waals surface area contributed by atoms with Crippen molar-refractivity contribution < 1.29 is 0 Å². The smallest absolute Gasteiger partial charge is 0.135 e. The Morgan fingerprint density at radius 3 is 2.59 bits per heavy atom. The predicted molar refractivity (Wildman–Crippen MR) is 71.7 cm³/mol. The quantitative estimate of drug-likeness (QED) is 0.830. The van der Waals surface area contributed by atoms with Crippen molar-refractivity contribution in [3.8, 4) is 0 Å². The van der Waals surface area contributed by atoms with Crippen molar-refractivity contribution in [3.63, 3.8) is 0 Å². The maximum absolute atomic E-state index is 4.72. The van der Waals surface area contributed by atoms with Crippen LogP contribution in [0.4, 0.5) is 5.82 Å². The van der Waals surface area contributed by atoms with E-state index in [1.54, 1.807) is 0 Å². The Labute approximate surface area is 107 Å². The van der Waals surface area contributed by atoms with Crippen LogP contribution in [0.2, 0.25) is 0 Å². The van der Waals surface area contributed by atoms with Gasteiger partial charge < -0.3 is 5.32 Å². The molecule has 0 atom stereocenters. The zero-order valence-corrected chi connectivity index (χ0v) is 11.1. The fraction of sp³-hybridized carbons (Fsp3) is 0.692. The van der Waals surface area contributed by atoms with Crippen molar-refractivity contribution in [1.82, 2.24) is 9.97 Å². The number of nitrogens with zero attached hydrogens (tertiary/aromatic N) is 2. The summed E-state index contributed by atoms with van der Waals surface area (Å²) in [5.74, 6) is 2.66. The van der Waals surface area contributed by atoms with Gasteiger partial charge in [-0.1, -0.05) is 12.8 Å². The first-order valence-electron chi connectivity index (χ1n) is 6.58. The van der Waals surface area contributed by atoms with Crippen molar-refractivity contribution in [3.05, 3.63) is 11.9 Å². The molecule has 2 aliphatic carbocycles. The Bertz CT molecular complexity index is 398. The summed E-state index contributed by atoms with van der Waals surface area (Å²) in [4.78, 5) is 9.27. The number of nitrogens with one attached hydrogen (secondary N) is 1. The summed E-state index contributed by atoms with van der Waals surface area (Å²) >= 11 is 1.95. The van der Waals surface area contributed by atoms with E-state index in [0.717, 1.165) is 21.9 Å². The average Bonchev–Trinajstić information content (AvgIpc) is 3.09. The van der Waals surface area contributed by atoms with Crippen molar-refractivity contribution in [1.29, 1.82) is 0 Å². The van der Waals surface area contributed by atoms with Crippen LogP contribution in [0.5, 0.6) is 0 Å². The number of aromatic nitrogens is 2. The second-order valence-electron chi connectivity index (χ2n) is 5.00. The third-order valence-corrected chi connectivity index (χ3v) is 4.76. The van der Waals surface area contributed by atoms with Crippen LogP contribution in [-0.4, -0.2) is 22.3 Å². The Morgan fingerprint density at radius 2 is 1.94 bits per heavy atom. The maximum Gasteiger partial charge on any atom is 0.135 e. The van der Waals surface area contributed by atoms with Crippen LogP contribution in [0.15, 0.2) is 11.1 Å². The van der Waals surface area contributed by atoms with Gasteiger partial charge >= 0.3 is 0 Å². The molecule has 0 aliphatic heterocycles. The van der Waals surface area contributed by atoms with Crippen LogP contribution in [0.25, 0.3) is 0 Å². The molecule has 1 aromatic heterocycles.